The predicted molar refractivity (Wildman–Crippen MR) is 26.8 cm³/mol. The molecule has 1 rings (SSSR count). The van der Waals surface area contributed by atoms with Crippen molar-refractivity contribution in [2.75, 3.05) is 6.61 Å². The summed E-state index contributed by atoms with van der Waals surface area (Å²) in [5, 5.41) is 8.73. The Morgan fingerprint density at radius 3 is 2.75 bits per heavy atom. The fourth-order valence-electron chi connectivity index (χ4n) is 0.686. The van der Waals surface area contributed by atoms with Crippen LogP contribution >= 0.6 is 0 Å². The van der Waals surface area contributed by atoms with Crippen molar-refractivity contribution < 1.29 is 14.9 Å². The van der Waals surface area contributed by atoms with Crippen LogP contribution in [-0.2, 0) is 9.78 Å². The Morgan fingerprint density at radius 1 is 1.62 bits per heavy atom. The summed E-state index contributed by atoms with van der Waals surface area (Å²) in [6, 6.07) is 0. The molecule has 0 radical (unpaired) electrons. The van der Waals surface area contributed by atoms with E-state index in [1.54, 1.807) is 0 Å². The fraction of sp³-hybridized carbons (Fsp3) is 1.00. The van der Waals surface area contributed by atoms with Gasteiger partial charge in [0.05, 0.1) is 6.61 Å². The molecule has 0 aromatic heterocycles. The lowest BCUT2D eigenvalue weighted by Crippen LogP contribution is -2.25. The second-order valence-corrected chi connectivity index (χ2v) is 2.18. The maximum atomic E-state index is 8.73. The minimum absolute atomic E-state index is 0.416. The highest BCUT2D eigenvalue weighted by molar-refractivity contribution is 4.54. The molecule has 0 aromatic carbocycles. The summed E-state index contributed by atoms with van der Waals surface area (Å²) in [5.41, 5.74) is 0. The largest absolute Gasteiger partial charge is 0.366 e. The lowest BCUT2D eigenvalue weighted by atomic mass is 10.1. The monoisotopic (exact) mass is 118 g/mol. The molecule has 0 aliphatic carbocycles. The second kappa shape index (κ2) is 2.44. The average molecular weight is 118 g/mol. The van der Waals surface area contributed by atoms with Crippen molar-refractivity contribution in [3.8, 4) is 0 Å². The highest BCUT2D eigenvalue weighted by atomic mass is 17.2. The highest BCUT2D eigenvalue weighted by Gasteiger charge is 2.17. The molecule has 1 fully saturated rings. The molecule has 1 saturated heterocycles. The van der Waals surface area contributed by atoms with Crippen molar-refractivity contribution in [1.82, 2.24) is 0 Å². The molecule has 0 bridgehead atoms. The molecule has 1 N–H and O–H groups in total. The molecule has 48 valence electrons. The van der Waals surface area contributed by atoms with Crippen LogP contribution < -0.4 is 0 Å². The van der Waals surface area contributed by atoms with Crippen LogP contribution in [0.1, 0.15) is 13.3 Å². The van der Waals surface area contributed by atoms with Crippen LogP contribution in [0.2, 0.25) is 0 Å². The normalized spacial score (nSPS) is 39.8. The number of rotatable bonds is 0. The second-order valence-electron chi connectivity index (χ2n) is 2.18. The number of aliphatic hydroxyl groups is 1. The van der Waals surface area contributed by atoms with Gasteiger partial charge in [-0.15, -0.1) is 0 Å². The molecule has 2 unspecified atom stereocenters. The van der Waals surface area contributed by atoms with Gasteiger partial charge in [0.25, 0.3) is 0 Å². The zero-order valence-electron chi connectivity index (χ0n) is 4.83. The summed E-state index contributed by atoms with van der Waals surface area (Å²) in [6.45, 7) is 2.60. The summed E-state index contributed by atoms with van der Waals surface area (Å²) < 4.78 is 0. The van der Waals surface area contributed by atoms with E-state index in [0.29, 0.717) is 18.9 Å². The first-order chi connectivity index (χ1) is 3.79. The van der Waals surface area contributed by atoms with Gasteiger partial charge in [-0.05, 0) is 5.92 Å². The molecule has 0 saturated carbocycles. The molecule has 3 heteroatoms. The molecule has 8 heavy (non-hydrogen) atoms. The quantitative estimate of drug-likeness (QED) is 0.465. The van der Waals surface area contributed by atoms with Crippen LogP contribution in [0.4, 0.5) is 0 Å². The molecular weight excluding hydrogens is 108 g/mol. The lowest BCUT2D eigenvalue weighted by Gasteiger charge is -2.21. The standard InChI is InChI=1S/C5H10O3/c1-4-2-5(6)8-7-3-4/h4-6H,2-3H2,1H3. The molecule has 0 amide bonds. The van der Waals surface area contributed by atoms with Crippen LogP contribution in [0.15, 0.2) is 0 Å². The van der Waals surface area contributed by atoms with Crippen LogP contribution in [0.25, 0.3) is 0 Å². The Labute approximate surface area is 48.1 Å². The van der Waals surface area contributed by atoms with E-state index in [1.807, 2.05) is 6.92 Å². The molecular formula is C5H10O3. The maximum absolute atomic E-state index is 8.73. The van der Waals surface area contributed by atoms with Crippen molar-refractivity contribution in [1.29, 1.82) is 0 Å². The third-order valence-electron chi connectivity index (χ3n) is 1.14. The molecule has 3 nitrogen and oxygen atoms in total. The van der Waals surface area contributed by atoms with E-state index in [-0.39, 0.29) is 0 Å². The van der Waals surface area contributed by atoms with Crippen molar-refractivity contribution in [2.45, 2.75) is 19.6 Å². The third kappa shape index (κ3) is 1.43. The van der Waals surface area contributed by atoms with E-state index in [0.717, 1.165) is 0 Å². The first kappa shape index (κ1) is 6.01. The molecule has 1 aliphatic heterocycles. The molecule has 1 aliphatic rings. The van der Waals surface area contributed by atoms with Crippen LogP contribution in [0, 0.1) is 5.92 Å². The van der Waals surface area contributed by atoms with Gasteiger partial charge < -0.3 is 5.11 Å². The van der Waals surface area contributed by atoms with Crippen molar-refractivity contribution in [2.24, 2.45) is 5.92 Å². The minimum Gasteiger partial charge on any atom is -0.366 e. The van der Waals surface area contributed by atoms with Gasteiger partial charge in [0, 0.05) is 6.42 Å². The molecule has 2 atom stereocenters. The minimum atomic E-state index is -0.709. The van der Waals surface area contributed by atoms with Crippen LogP contribution in [-0.4, -0.2) is 18.0 Å². The Hall–Kier alpha value is -0.120. The Kier molecular flexibility index (Phi) is 1.83. The number of hydrogen-bond acceptors (Lipinski definition) is 3. The highest BCUT2D eigenvalue weighted by Crippen LogP contribution is 2.13. The third-order valence-corrected chi connectivity index (χ3v) is 1.14. The van der Waals surface area contributed by atoms with E-state index >= 15 is 0 Å². The topological polar surface area (TPSA) is 38.7 Å². The Balaban J connectivity index is 2.23. The van der Waals surface area contributed by atoms with Gasteiger partial charge in [0.15, 0.2) is 6.29 Å². The van der Waals surface area contributed by atoms with Crippen molar-refractivity contribution in [3.05, 3.63) is 0 Å². The van der Waals surface area contributed by atoms with E-state index in [2.05, 4.69) is 9.78 Å². The van der Waals surface area contributed by atoms with Gasteiger partial charge in [-0.1, -0.05) is 6.92 Å². The summed E-state index contributed by atoms with van der Waals surface area (Å²) >= 11 is 0. The first-order valence-electron chi connectivity index (χ1n) is 2.75. The number of hydrogen-bond donors (Lipinski definition) is 1. The van der Waals surface area contributed by atoms with Gasteiger partial charge in [-0.2, -0.15) is 0 Å². The van der Waals surface area contributed by atoms with Gasteiger partial charge >= 0.3 is 0 Å². The van der Waals surface area contributed by atoms with E-state index in [4.69, 9.17) is 5.11 Å². The summed E-state index contributed by atoms with van der Waals surface area (Å²) in [6.07, 6.45) is -0.0289. The number of aliphatic hydroxyl groups excluding tert-OH is 1. The van der Waals surface area contributed by atoms with Crippen molar-refractivity contribution >= 4 is 0 Å². The zero-order chi connectivity index (χ0) is 5.98. The summed E-state index contributed by atoms with van der Waals surface area (Å²) in [5.74, 6) is 0.416. The van der Waals surface area contributed by atoms with E-state index in [1.165, 1.54) is 0 Å². The van der Waals surface area contributed by atoms with Crippen molar-refractivity contribution in [3.63, 3.8) is 0 Å². The van der Waals surface area contributed by atoms with Crippen LogP contribution in [0.5, 0.6) is 0 Å². The molecule has 0 aromatic rings. The first-order valence-corrected chi connectivity index (χ1v) is 2.75. The SMILES string of the molecule is CC1COOC(O)C1. The Morgan fingerprint density at radius 2 is 2.38 bits per heavy atom. The van der Waals surface area contributed by atoms with E-state index < -0.39 is 6.29 Å². The van der Waals surface area contributed by atoms with Gasteiger partial charge in [-0.3, -0.25) is 0 Å². The van der Waals surface area contributed by atoms with Gasteiger partial charge in [0.1, 0.15) is 0 Å². The zero-order valence-corrected chi connectivity index (χ0v) is 4.83. The average Bonchev–Trinajstić information content (AvgIpc) is 1.64. The maximum Gasteiger partial charge on any atom is 0.189 e. The van der Waals surface area contributed by atoms with E-state index in [9.17, 15) is 0 Å². The summed E-state index contributed by atoms with van der Waals surface area (Å²) in [7, 11) is 0. The molecule has 1 heterocycles. The molecule has 0 spiro atoms. The Bertz CT molecular complexity index is 66.1. The predicted octanol–water partition coefficient (Wildman–Crippen LogP) is 0.293. The fourth-order valence-corrected chi connectivity index (χ4v) is 0.686. The summed E-state index contributed by atoms with van der Waals surface area (Å²) in [4.78, 5) is 8.95. The van der Waals surface area contributed by atoms with Crippen LogP contribution in [0.3, 0.4) is 0 Å². The van der Waals surface area contributed by atoms with Gasteiger partial charge in [0.2, 0.25) is 0 Å². The van der Waals surface area contributed by atoms with Gasteiger partial charge in [-0.25, -0.2) is 9.78 Å². The smallest absolute Gasteiger partial charge is 0.189 e. The lowest BCUT2D eigenvalue weighted by molar-refractivity contribution is -0.398.